The number of hydrogen-bond acceptors (Lipinski definition) is 4. The fourth-order valence-corrected chi connectivity index (χ4v) is 2.43. The highest BCUT2D eigenvalue weighted by atomic mass is 16.3. The Bertz CT molecular complexity index is 401. The van der Waals surface area contributed by atoms with Gasteiger partial charge in [-0.15, -0.1) is 0 Å². The molecule has 0 aliphatic carbocycles. The summed E-state index contributed by atoms with van der Waals surface area (Å²) in [6.07, 6.45) is 8.00. The molecule has 1 aromatic heterocycles. The average molecular weight is 354 g/mol. The van der Waals surface area contributed by atoms with Crippen molar-refractivity contribution in [3.63, 3.8) is 0 Å². The van der Waals surface area contributed by atoms with Gasteiger partial charge in [0.1, 0.15) is 5.76 Å². The summed E-state index contributed by atoms with van der Waals surface area (Å²) < 4.78 is 5.34. The smallest absolute Gasteiger partial charge is 0.117 e. The third kappa shape index (κ3) is 15.2. The Labute approximate surface area is 156 Å². The molecule has 0 aliphatic rings. The van der Waals surface area contributed by atoms with Crippen LogP contribution >= 0.6 is 0 Å². The molecule has 0 spiro atoms. The zero-order chi connectivity index (χ0) is 19.1. The standard InChI is InChI=1S/C17H33N3O.C4H10/c1-4-19(2)11-8-12-20(3)10-7-5-6-9-16-13-17(14-18)21-15-16;1-4(2)3/h13,15H,4-12,14,18H2,1-3H3;4H,1-3H3. The largest absolute Gasteiger partial charge is 0.468 e. The predicted molar refractivity (Wildman–Crippen MR) is 110 cm³/mol. The van der Waals surface area contributed by atoms with Crippen LogP contribution in [0.1, 0.15) is 64.7 Å². The van der Waals surface area contributed by atoms with Crippen molar-refractivity contribution >= 4 is 0 Å². The molecule has 0 aliphatic heterocycles. The molecule has 0 unspecified atom stereocenters. The van der Waals surface area contributed by atoms with Crippen molar-refractivity contribution in [3.05, 3.63) is 23.7 Å². The molecular formula is C21H43N3O. The second-order valence-corrected chi connectivity index (χ2v) is 7.72. The summed E-state index contributed by atoms with van der Waals surface area (Å²) in [6, 6.07) is 2.08. The molecule has 0 atom stereocenters. The minimum Gasteiger partial charge on any atom is -0.468 e. The molecule has 0 amide bonds. The van der Waals surface area contributed by atoms with Gasteiger partial charge in [-0.05, 0) is 83.5 Å². The van der Waals surface area contributed by atoms with Crippen LogP contribution < -0.4 is 5.73 Å². The van der Waals surface area contributed by atoms with E-state index in [1.165, 1.54) is 50.9 Å². The quantitative estimate of drug-likeness (QED) is 0.566. The molecule has 148 valence electrons. The first-order valence-corrected chi connectivity index (χ1v) is 10.0. The number of rotatable bonds is 12. The maximum absolute atomic E-state index is 5.54. The van der Waals surface area contributed by atoms with E-state index in [1.807, 2.05) is 6.26 Å². The van der Waals surface area contributed by atoms with Gasteiger partial charge in [-0.3, -0.25) is 0 Å². The predicted octanol–water partition coefficient (Wildman–Crippen LogP) is 4.39. The summed E-state index contributed by atoms with van der Waals surface area (Å²) in [5.41, 5.74) is 6.82. The van der Waals surface area contributed by atoms with Crippen molar-refractivity contribution in [2.45, 2.75) is 66.3 Å². The Kier molecular flexibility index (Phi) is 14.9. The molecule has 0 saturated heterocycles. The molecular weight excluding hydrogens is 310 g/mol. The van der Waals surface area contributed by atoms with E-state index in [2.05, 4.69) is 57.7 Å². The molecule has 0 fully saturated rings. The normalized spacial score (nSPS) is 11.3. The van der Waals surface area contributed by atoms with E-state index in [4.69, 9.17) is 10.2 Å². The zero-order valence-corrected chi connectivity index (χ0v) is 17.7. The first kappa shape index (κ1) is 24.2. The fraction of sp³-hybridized carbons (Fsp3) is 0.810. The molecule has 2 N–H and O–H groups in total. The van der Waals surface area contributed by atoms with E-state index in [0.29, 0.717) is 6.54 Å². The maximum Gasteiger partial charge on any atom is 0.117 e. The number of furan rings is 1. The summed E-state index contributed by atoms with van der Waals surface area (Å²) in [7, 11) is 4.42. The lowest BCUT2D eigenvalue weighted by Gasteiger charge is -2.19. The Hall–Kier alpha value is -0.840. The summed E-state index contributed by atoms with van der Waals surface area (Å²) in [5.74, 6) is 1.72. The highest BCUT2D eigenvalue weighted by molar-refractivity contribution is 5.12. The van der Waals surface area contributed by atoms with Gasteiger partial charge >= 0.3 is 0 Å². The maximum atomic E-state index is 5.54. The second kappa shape index (κ2) is 15.4. The van der Waals surface area contributed by atoms with Crippen LogP contribution in [0.4, 0.5) is 0 Å². The first-order chi connectivity index (χ1) is 11.9. The minimum atomic E-state index is 0.498. The summed E-state index contributed by atoms with van der Waals surface area (Å²) >= 11 is 0. The van der Waals surface area contributed by atoms with E-state index >= 15 is 0 Å². The van der Waals surface area contributed by atoms with Crippen molar-refractivity contribution in [3.8, 4) is 0 Å². The molecule has 0 aromatic carbocycles. The van der Waals surface area contributed by atoms with Crippen LogP contribution in [0, 0.1) is 5.92 Å². The highest BCUT2D eigenvalue weighted by Gasteiger charge is 2.02. The van der Waals surface area contributed by atoms with Crippen LogP contribution in [-0.4, -0.2) is 50.1 Å². The Morgan fingerprint density at radius 3 is 2.12 bits per heavy atom. The summed E-state index contributed by atoms with van der Waals surface area (Å²) in [6.45, 7) is 14.0. The van der Waals surface area contributed by atoms with Crippen molar-refractivity contribution in [1.82, 2.24) is 9.80 Å². The van der Waals surface area contributed by atoms with E-state index < -0.39 is 0 Å². The van der Waals surface area contributed by atoms with Gasteiger partial charge in [-0.25, -0.2) is 0 Å². The van der Waals surface area contributed by atoms with Crippen LogP contribution in [0.2, 0.25) is 0 Å². The van der Waals surface area contributed by atoms with Gasteiger partial charge in [0, 0.05) is 0 Å². The zero-order valence-electron chi connectivity index (χ0n) is 17.7. The van der Waals surface area contributed by atoms with Gasteiger partial charge in [0.05, 0.1) is 12.8 Å². The molecule has 25 heavy (non-hydrogen) atoms. The van der Waals surface area contributed by atoms with Crippen LogP contribution in [0.5, 0.6) is 0 Å². The lowest BCUT2D eigenvalue weighted by molar-refractivity contribution is 0.281. The monoisotopic (exact) mass is 353 g/mol. The summed E-state index contributed by atoms with van der Waals surface area (Å²) in [5, 5.41) is 0. The third-order valence-electron chi connectivity index (χ3n) is 4.03. The lowest BCUT2D eigenvalue weighted by atomic mass is 10.1. The topological polar surface area (TPSA) is 45.6 Å². The average Bonchev–Trinajstić information content (AvgIpc) is 3.01. The Morgan fingerprint density at radius 2 is 1.56 bits per heavy atom. The lowest BCUT2D eigenvalue weighted by Crippen LogP contribution is -2.26. The Balaban J connectivity index is 0.00000129. The van der Waals surface area contributed by atoms with E-state index in [1.54, 1.807) is 0 Å². The highest BCUT2D eigenvalue weighted by Crippen LogP contribution is 2.11. The minimum absolute atomic E-state index is 0.498. The molecule has 4 nitrogen and oxygen atoms in total. The van der Waals surface area contributed by atoms with Crippen molar-refractivity contribution < 1.29 is 4.42 Å². The van der Waals surface area contributed by atoms with Gasteiger partial charge in [-0.2, -0.15) is 0 Å². The number of aryl methyl sites for hydroxylation is 1. The number of hydrogen-bond donors (Lipinski definition) is 1. The van der Waals surface area contributed by atoms with E-state index in [9.17, 15) is 0 Å². The number of nitrogens with zero attached hydrogens (tertiary/aromatic N) is 2. The molecule has 4 heteroatoms. The van der Waals surface area contributed by atoms with Crippen molar-refractivity contribution in [2.24, 2.45) is 11.7 Å². The molecule has 0 radical (unpaired) electrons. The molecule has 0 saturated carbocycles. The molecule has 0 bridgehead atoms. The van der Waals surface area contributed by atoms with Crippen LogP contribution in [0.25, 0.3) is 0 Å². The SMILES string of the molecule is CC(C)C.CCN(C)CCCN(C)CCCCCc1coc(CN)c1. The van der Waals surface area contributed by atoms with Crippen molar-refractivity contribution in [2.75, 3.05) is 40.3 Å². The van der Waals surface area contributed by atoms with Gasteiger partial charge in [0.15, 0.2) is 0 Å². The van der Waals surface area contributed by atoms with Gasteiger partial charge in [0.25, 0.3) is 0 Å². The second-order valence-electron chi connectivity index (χ2n) is 7.72. The van der Waals surface area contributed by atoms with E-state index in [-0.39, 0.29) is 0 Å². The van der Waals surface area contributed by atoms with Gasteiger partial charge in [0.2, 0.25) is 0 Å². The number of nitrogens with two attached hydrogens (primary N) is 1. The van der Waals surface area contributed by atoms with Gasteiger partial charge < -0.3 is 20.0 Å². The molecule has 1 rings (SSSR count). The Morgan fingerprint density at radius 1 is 0.960 bits per heavy atom. The first-order valence-electron chi connectivity index (χ1n) is 10.0. The summed E-state index contributed by atoms with van der Waals surface area (Å²) in [4.78, 5) is 4.82. The van der Waals surface area contributed by atoms with Crippen molar-refractivity contribution in [1.29, 1.82) is 0 Å². The molecule has 1 aromatic rings. The third-order valence-corrected chi connectivity index (χ3v) is 4.03. The van der Waals surface area contributed by atoms with Crippen LogP contribution in [-0.2, 0) is 13.0 Å². The van der Waals surface area contributed by atoms with E-state index in [0.717, 1.165) is 24.6 Å². The number of unbranched alkanes of at least 4 members (excludes halogenated alkanes) is 2. The fourth-order valence-electron chi connectivity index (χ4n) is 2.43. The molecule has 1 heterocycles. The van der Waals surface area contributed by atoms with Gasteiger partial charge in [-0.1, -0.05) is 34.1 Å². The van der Waals surface area contributed by atoms with Crippen LogP contribution in [0.3, 0.4) is 0 Å². The van der Waals surface area contributed by atoms with Crippen LogP contribution in [0.15, 0.2) is 16.7 Å².